The normalized spacial score (nSPS) is 22.0. The van der Waals surface area contributed by atoms with Gasteiger partial charge in [0.1, 0.15) is 0 Å². The number of H-pyrrole nitrogens is 1. The minimum absolute atomic E-state index is 0.415. The van der Waals surface area contributed by atoms with Gasteiger partial charge in [-0.15, -0.1) is 0 Å². The lowest BCUT2D eigenvalue weighted by Gasteiger charge is -2.24. The summed E-state index contributed by atoms with van der Waals surface area (Å²) < 4.78 is 0. The zero-order chi connectivity index (χ0) is 10.1. The number of piperazine rings is 1. The Balaban J connectivity index is 2.02. The Morgan fingerprint density at radius 2 is 2.07 bits per heavy atom. The van der Waals surface area contributed by atoms with Gasteiger partial charge < -0.3 is 15.6 Å². The van der Waals surface area contributed by atoms with Crippen LogP contribution >= 0.6 is 0 Å². The Morgan fingerprint density at radius 3 is 2.93 bits per heavy atom. The molecule has 1 aliphatic rings. The van der Waals surface area contributed by atoms with Crippen LogP contribution in [0.4, 0.5) is 0 Å². The van der Waals surface area contributed by atoms with E-state index in [1.807, 2.05) is 0 Å². The molecule has 15 heavy (non-hydrogen) atoms. The summed E-state index contributed by atoms with van der Waals surface area (Å²) in [7, 11) is 0. The fourth-order valence-corrected chi connectivity index (χ4v) is 2.25. The van der Waals surface area contributed by atoms with Gasteiger partial charge >= 0.3 is 0 Å². The van der Waals surface area contributed by atoms with Gasteiger partial charge in [0.15, 0.2) is 0 Å². The monoisotopic (exact) mass is 201 g/mol. The fraction of sp³-hybridized carbons (Fsp3) is 0.333. The Hall–Kier alpha value is -1.32. The highest BCUT2D eigenvalue weighted by Crippen LogP contribution is 2.23. The van der Waals surface area contributed by atoms with E-state index in [0.29, 0.717) is 6.04 Å². The molecule has 1 aromatic heterocycles. The summed E-state index contributed by atoms with van der Waals surface area (Å²) in [5, 5.41) is 9.55. The minimum atomic E-state index is 0.415. The van der Waals surface area contributed by atoms with Gasteiger partial charge in [-0.25, -0.2) is 0 Å². The summed E-state index contributed by atoms with van der Waals surface area (Å²) in [5.74, 6) is 0. The third-order valence-electron chi connectivity index (χ3n) is 3.02. The number of benzene rings is 1. The van der Waals surface area contributed by atoms with Crippen molar-refractivity contribution < 1.29 is 0 Å². The van der Waals surface area contributed by atoms with Gasteiger partial charge in [0, 0.05) is 36.9 Å². The van der Waals surface area contributed by atoms with Gasteiger partial charge in [-0.05, 0) is 5.39 Å². The lowest BCUT2D eigenvalue weighted by atomic mass is 10.1. The standard InChI is InChI=1S/C12H15N3/c1-2-4-10-9(3-1)7-15-12(10)11-8-13-5-6-14-11/h1-4,7,11,13-15H,5-6,8H2. The number of aromatic nitrogens is 1. The topological polar surface area (TPSA) is 39.8 Å². The van der Waals surface area contributed by atoms with E-state index in [1.54, 1.807) is 0 Å². The number of nitrogens with one attached hydrogen (secondary N) is 3. The smallest absolute Gasteiger partial charge is 0.0606 e. The molecule has 3 rings (SSSR count). The highest BCUT2D eigenvalue weighted by molar-refractivity contribution is 5.85. The van der Waals surface area contributed by atoms with Crippen LogP contribution in [0.2, 0.25) is 0 Å². The van der Waals surface area contributed by atoms with E-state index in [1.165, 1.54) is 16.5 Å². The Morgan fingerprint density at radius 1 is 1.13 bits per heavy atom. The van der Waals surface area contributed by atoms with Gasteiger partial charge in [-0.3, -0.25) is 0 Å². The van der Waals surface area contributed by atoms with Crippen LogP contribution in [0.3, 0.4) is 0 Å². The summed E-state index contributed by atoms with van der Waals surface area (Å²) in [4.78, 5) is 3.38. The van der Waals surface area contributed by atoms with E-state index in [9.17, 15) is 0 Å². The van der Waals surface area contributed by atoms with Crippen LogP contribution < -0.4 is 10.6 Å². The van der Waals surface area contributed by atoms with Gasteiger partial charge in [0.05, 0.1) is 6.04 Å². The molecule has 1 atom stereocenters. The van der Waals surface area contributed by atoms with Crippen LogP contribution in [0.15, 0.2) is 30.5 Å². The molecule has 0 aliphatic carbocycles. The summed E-state index contributed by atoms with van der Waals surface area (Å²) in [5.41, 5.74) is 1.30. The summed E-state index contributed by atoms with van der Waals surface area (Å²) >= 11 is 0. The third kappa shape index (κ3) is 1.54. The third-order valence-corrected chi connectivity index (χ3v) is 3.02. The molecule has 1 aliphatic heterocycles. The molecule has 0 amide bonds. The van der Waals surface area contributed by atoms with Crippen molar-refractivity contribution in [1.82, 2.24) is 15.6 Å². The SMILES string of the molecule is c1ccc2c(C3CNCCN3)[nH]cc2c1. The van der Waals surface area contributed by atoms with E-state index >= 15 is 0 Å². The molecule has 3 heteroatoms. The molecule has 0 bridgehead atoms. The van der Waals surface area contributed by atoms with E-state index in [-0.39, 0.29) is 0 Å². The van der Waals surface area contributed by atoms with E-state index in [0.717, 1.165) is 19.6 Å². The highest BCUT2D eigenvalue weighted by Gasteiger charge is 2.17. The molecule has 3 N–H and O–H groups in total. The first-order valence-corrected chi connectivity index (χ1v) is 5.45. The molecule has 0 radical (unpaired) electrons. The number of aromatic amines is 1. The van der Waals surface area contributed by atoms with Crippen molar-refractivity contribution in [3.63, 3.8) is 0 Å². The average Bonchev–Trinajstić information content (AvgIpc) is 2.74. The summed E-state index contributed by atoms with van der Waals surface area (Å²) in [6.07, 6.45) is 2.08. The molecule has 1 fully saturated rings. The minimum Gasteiger partial charge on any atom is -0.363 e. The largest absolute Gasteiger partial charge is 0.363 e. The lowest BCUT2D eigenvalue weighted by Crippen LogP contribution is -2.42. The maximum absolute atomic E-state index is 3.52. The van der Waals surface area contributed by atoms with Crippen LogP contribution in [-0.2, 0) is 0 Å². The molecule has 0 spiro atoms. The van der Waals surface area contributed by atoms with Crippen molar-refractivity contribution in [2.45, 2.75) is 6.04 Å². The Labute approximate surface area is 88.9 Å². The van der Waals surface area contributed by atoms with Crippen LogP contribution in [0.1, 0.15) is 11.7 Å². The first kappa shape index (κ1) is 8.95. The molecule has 0 saturated carbocycles. The van der Waals surface area contributed by atoms with Gasteiger partial charge in [0.25, 0.3) is 0 Å². The molecule has 1 saturated heterocycles. The van der Waals surface area contributed by atoms with E-state index < -0.39 is 0 Å². The first-order chi connectivity index (χ1) is 7.45. The molecular formula is C12H15N3. The van der Waals surface area contributed by atoms with Gasteiger partial charge in [0.2, 0.25) is 0 Å². The predicted octanol–water partition coefficient (Wildman–Crippen LogP) is 1.40. The van der Waals surface area contributed by atoms with Crippen molar-refractivity contribution in [3.8, 4) is 0 Å². The van der Waals surface area contributed by atoms with Crippen LogP contribution in [0.25, 0.3) is 10.8 Å². The zero-order valence-electron chi connectivity index (χ0n) is 8.59. The van der Waals surface area contributed by atoms with E-state index in [2.05, 4.69) is 46.1 Å². The van der Waals surface area contributed by atoms with Crippen molar-refractivity contribution in [1.29, 1.82) is 0 Å². The summed E-state index contributed by atoms with van der Waals surface area (Å²) in [6.45, 7) is 3.11. The molecule has 1 unspecified atom stereocenters. The van der Waals surface area contributed by atoms with Crippen molar-refractivity contribution in [2.75, 3.05) is 19.6 Å². The number of hydrogen-bond donors (Lipinski definition) is 3. The quantitative estimate of drug-likeness (QED) is 0.652. The molecule has 2 heterocycles. The van der Waals surface area contributed by atoms with Crippen LogP contribution in [-0.4, -0.2) is 24.6 Å². The Bertz CT molecular complexity index is 455. The Kier molecular flexibility index (Phi) is 2.19. The van der Waals surface area contributed by atoms with Crippen LogP contribution in [0.5, 0.6) is 0 Å². The molecular weight excluding hydrogens is 186 g/mol. The maximum Gasteiger partial charge on any atom is 0.0606 e. The molecule has 1 aromatic carbocycles. The second-order valence-corrected chi connectivity index (χ2v) is 4.00. The molecule has 78 valence electrons. The fourth-order valence-electron chi connectivity index (χ4n) is 2.25. The van der Waals surface area contributed by atoms with Gasteiger partial charge in [-0.1, -0.05) is 24.3 Å². The maximum atomic E-state index is 3.52. The highest BCUT2D eigenvalue weighted by atomic mass is 15.1. The number of hydrogen-bond acceptors (Lipinski definition) is 2. The van der Waals surface area contributed by atoms with E-state index in [4.69, 9.17) is 0 Å². The lowest BCUT2D eigenvalue weighted by molar-refractivity contribution is 0.426. The summed E-state index contributed by atoms with van der Waals surface area (Å²) in [6, 6.07) is 8.91. The zero-order valence-corrected chi connectivity index (χ0v) is 8.59. The number of rotatable bonds is 1. The molecule has 3 nitrogen and oxygen atoms in total. The van der Waals surface area contributed by atoms with Crippen molar-refractivity contribution >= 4 is 10.8 Å². The molecule has 2 aromatic rings. The predicted molar refractivity (Wildman–Crippen MR) is 61.9 cm³/mol. The number of fused-ring (bicyclic) bond motifs is 1. The van der Waals surface area contributed by atoms with Crippen molar-refractivity contribution in [2.24, 2.45) is 0 Å². The average molecular weight is 201 g/mol. The van der Waals surface area contributed by atoms with Crippen molar-refractivity contribution in [3.05, 3.63) is 36.2 Å². The second kappa shape index (κ2) is 3.68. The second-order valence-electron chi connectivity index (χ2n) is 4.00. The van der Waals surface area contributed by atoms with Gasteiger partial charge in [-0.2, -0.15) is 0 Å². The first-order valence-electron chi connectivity index (χ1n) is 5.45. The van der Waals surface area contributed by atoms with Crippen LogP contribution in [0, 0.1) is 0 Å².